The molecule has 10 N–H and O–H groups in total. The zero-order valence-corrected chi connectivity index (χ0v) is 27.0. The number of nitrogens with zero attached hydrogens (tertiary/aromatic N) is 2. The maximum atomic E-state index is 13.3. The Bertz CT molecular complexity index is 1370. The molecule has 0 aliphatic heterocycles. The van der Waals surface area contributed by atoms with Crippen LogP contribution in [0.25, 0.3) is 0 Å². The van der Waals surface area contributed by atoms with Gasteiger partial charge >= 0.3 is 5.97 Å². The highest BCUT2D eigenvalue weighted by Gasteiger charge is 2.28. The molecule has 0 aliphatic carbocycles. The van der Waals surface area contributed by atoms with Gasteiger partial charge in [0.2, 0.25) is 0 Å². The van der Waals surface area contributed by atoms with E-state index in [4.69, 9.17) is 10.8 Å². The van der Waals surface area contributed by atoms with Gasteiger partial charge in [0.1, 0.15) is 17.4 Å². The molecule has 4 atom stereocenters. The second-order valence-corrected chi connectivity index (χ2v) is 11.9. The van der Waals surface area contributed by atoms with Gasteiger partial charge in [0, 0.05) is 25.2 Å². The van der Waals surface area contributed by atoms with E-state index in [2.05, 4.69) is 46.5 Å². The molecule has 2 rings (SSSR count). The highest BCUT2D eigenvalue weighted by Crippen LogP contribution is 2.11. The first-order valence-electron chi connectivity index (χ1n) is 15.1. The maximum Gasteiger partial charge on any atom is 0.325 e. The first kappa shape index (κ1) is 37.5. The van der Waals surface area contributed by atoms with Crippen molar-refractivity contribution in [2.24, 2.45) is 17.6 Å². The van der Waals surface area contributed by atoms with Gasteiger partial charge in [-0.2, -0.15) is 0 Å². The molecular formula is C29H46N10O7. The minimum Gasteiger partial charge on any atom is -0.480 e. The minimum atomic E-state index is -1.24. The van der Waals surface area contributed by atoms with Crippen molar-refractivity contribution in [3.05, 3.63) is 35.4 Å². The van der Waals surface area contributed by atoms with Gasteiger partial charge in [0.25, 0.3) is 23.6 Å². The smallest absolute Gasteiger partial charge is 0.325 e. The van der Waals surface area contributed by atoms with E-state index in [1.807, 2.05) is 27.7 Å². The highest BCUT2D eigenvalue weighted by molar-refractivity contribution is 6.06. The van der Waals surface area contributed by atoms with Crippen LogP contribution in [-0.2, 0) is 9.59 Å². The molecule has 0 fully saturated rings. The summed E-state index contributed by atoms with van der Waals surface area (Å²) in [5.74, 6) is -4.03. The lowest BCUT2D eigenvalue weighted by atomic mass is 9.99. The molecule has 0 saturated heterocycles. The number of Topliss-reactive ketones (excluding diaryl/α,β-unsaturated/α-hetero) is 1. The number of carbonyl (C=O) groups excluding carboxylic acids is 5. The van der Waals surface area contributed by atoms with Crippen LogP contribution >= 0.6 is 0 Å². The molecule has 0 radical (unpaired) electrons. The van der Waals surface area contributed by atoms with E-state index in [1.54, 1.807) is 6.92 Å². The largest absolute Gasteiger partial charge is 0.480 e. The molecule has 254 valence electrons. The fraction of sp³-hybridized carbons (Fsp3) is 0.586. The number of carbonyl (C=O) groups is 6. The lowest BCUT2D eigenvalue weighted by Crippen LogP contribution is -2.48. The van der Waals surface area contributed by atoms with Crippen LogP contribution in [0.15, 0.2) is 12.7 Å². The number of imidazole rings is 2. The van der Waals surface area contributed by atoms with Crippen LogP contribution in [0.1, 0.15) is 96.3 Å². The van der Waals surface area contributed by atoms with Crippen LogP contribution in [0.3, 0.4) is 0 Å². The Hall–Kier alpha value is -4.64. The Morgan fingerprint density at radius 2 is 1.28 bits per heavy atom. The molecule has 0 aromatic carbocycles. The van der Waals surface area contributed by atoms with Gasteiger partial charge in [-0.1, -0.05) is 27.7 Å². The predicted octanol–water partition coefficient (Wildman–Crippen LogP) is -0.439. The first-order valence-corrected chi connectivity index (χ1v) is 15.1. The number of aliphatic carboxylic acids is 1. The van der Waals surface area contributed by atoms with Crippen molar-refractivity contribution < 1.29 is 33.9 Å². The van der Waals surface area contributed by atoms with Crippen LogP contribution in [0, 0.1) is 11.8 Å². The average molecular weight is 647 g/mol. The van der Waals surface area contributed by atoms with Crippen LogP contribution in [-0.4, -0.2) is 104 Å². The Morgan fingerprint density at radius 1 is 0.761 bits per heavy atom. The summed E-state index contributed by atoms with van der Waals surface area (Å²) in [6.07, 6.45) is 3.24. The number of amides is 4. The monoisotopic (exact) mass is 646 g/mol. The number of carboxylic acids is 1. The third kappa shape index (κ3) is 11.4. The van der Waals surface area contributed by atoms with E-state index < -0.39 is 47.7 Å². The van der Waals surface area contributed by atoms with Gasteiger partial charge in [-0.25, -0.2) is 9.97 Å². The molecule has 2 aromatic rings. The summed E-state index contributed by atoms with van der Waals surface area (Å²) in [6, 6.07) is -2.86. The molecule has 0 bridgehead atoms. The minimum absolute atomic E-state index is 0.0518. The van der Waals surface area contributed by atoms with E-state index in [0.717, 1.165) is 6.33 Å². The molecule has 4 amide bonds. The molecule has 17 heteroatoms. The third-order valence-corrected chi connectivity index (χ3v) is 6.79. The molecule has 0 saturated carbocycles. The van der Waals surface area contributed by atoms with Crippen LogP contribution in [0.4, 0.5) is 0 Å². The topological polar surface area (TPSA) is 266 Å². The fourth-order valence-electron chi connectivity index (χ4n) is 4.44. The van der Waals surface area contributed by atoms with Gasteiger partial charge < -0.3 is 47.4 Å². The number of rotatable bonds is 19. The SMILES string of the molecule is CC(C)C[C@@H](CNCC(=O)[C@H](CC(C)C)NC(=O)c1[nH]cnc1C(=O)N[C@@H](C)CN)NC(=O)c1nc[nH]c1C(=O)N[C@@H](C)C(=O)O. The molecule has 17 nitrogen and oxygen atoms in total. The van der Waals surface area contributed by atoms with Gasteiger partial charge in [0.05, 0.1) is 25.2 Å². The predicted molar refractivity (Wildman–Crippen MR) is 167 cm³/mol. The molecule has 2 aromatic heterocycles. The van der Waals surface area contributed by atoms with Gasteiger partial charge in [-0.3, -0.25) is 28.8 Å². The van der Waals surface area contributed by atoms with Gasteiger partial charge in [0.15, 0.2) is 17.2 Å². The number of nitrogens with two attached hydrogens (primary N) is 1. The van der Waals surface area contributed by atoms with E-state index in [0.29, 0.717) is 12.8 Å². The summed E-state index contributed by atoms with van der Waals surface area (Å²) in [4.78, 5) is 88.8. The highest BCUT2D eigenvalue weighted by atomic mass is 16.4. The molecule has 0 spiro atoms. The zero-order valence-electron chi connectivity index (χ0n) is 27.0. The summed E-state index contributed by atoms with van der Waals surface area (Å²) in [5, 5.41) is 22.6. The molecule has 0 unspecified atom stereocenters. The standard InChI is InChI=1S/C29H46N10O7/c1-14(2)7-18(38-27(43)23-22(33-13-34-23)26(42)37-17(6)29(45)46)10-31-11-20(40)19(8-15(3)4)39-28(44)24-21(32-12-35-24)25(41)36-16(5)9-30/h12-19,31H,7-11,30H2,1-6H3,(H,32,35)(H,33,34)(H,36,41)(H,37,42)(H,38,43)(H,39,44)(H,45,46)/t16-,17-,18-,19-/m0/s1. The second-order valence-electron chi connectivity index (χ2n) is 11.9. The van der Waals surface area contributed by atoms with Crippen molar-refractivity contribution in [3.63, 3.8) is 0 Å². The fourth-order valence-corrected chi connectivity index (χ4v) is 4.44. The van der Waals surface area contributed by atoms with Crippen LogP contribution in [0.5, 0.6) is 0 Å². The van der Waals surface area contributed by atoms with E-state index in [-0.39, 0.29) is 66.1 Å². The Balaban J connectivity index is 2.07. The van der Waals surface area contributed by atoms with E-state index >= 15 is 0 Å². The van der Waals surface area contributed by atoms with Crippen LogP contribution in [0.2, 0.25) is 0 Å². The third-order valence-electron chi connectivity index (χ3n) is 6.79. The molecule has 2 heterocycles. The number of carboxylic acid groups (broad SMARTS) is 1. The van der Waals surface area contributed by atoms with Crippen molar-refractivity contribution in [1.82, 2.24) is 46.5 Å². The van der Waals surface area contributed by atoms with Crippen molar-refractivity contribution in [3.8, 4) is 0 Å². The van der Waals surface area contributed by atoms with Gasteiger partial charge in [-0.05, 0) is 38.5 Å². The number of aromatic amines is 2. The normalized spacial score (nSPS) is 13.8. The Morgan fingerprint density at radius 3 is 1.78 bits per heavy atom. The summed E-state index contributed by atoms with van der Waals surface area (Å²) < 4.78 is 0. The summed E-state index contributed by atoms with van der Waals surface area (Å²) in [5.41, 5.74) is 4.97. The van der Waals surface area contributed by atoms with Gasteiger partial charge in [-0.15, -0.1) is 0 Å². The van der Waals surface area contributed by atoms with E-state index in [9.17, 15) is 28.8 Å². The van der Waals surface area contributed by atoms with Crippen molar-refractivity contribution in [2.75, 3.05) is 19.6 Å². The number of H-pyrrole nitrogens is 2. The molecular weight excluding hydrogens is 600 g/mol. The van der Waals surface area contributed by atoms with Crippen LogP contribution < -0.4 is 32.3 Å². The maximum absolute atomic E-state index is 13.3. The summed E-state index contributed by atoms with van der Waals surface area (Å²) in [6.45, 7) is 11.0. The Kier molecular flexibility index (Phi) is 14.5. The second kappa shape index (κ2) is 17.7. The van der Waals surface area contributed by atoms with Crippen molar-refractivity contribution in [2.45, 2.75) is 78.6 Å². The molecule has 46 heavy (non-hydrogen) atoms. The number of aromatic nitrogens is 4. The number of hydrogen-bond donors (Lipinski definition) is 9. The number of ketones is 1. The van der Waals surface area contributed by atoms with Crippen molar-refractivity contribution in [1.29, 1.82) is 0 Å². The quantitative estimate of drug-likeness (QED) is 0.0944. The summed E-state index contributed by atoms with van der Waals surface area (Å²) in [7, 11) is 0. The Labute approximate surface area is 267 Å². The lowest BCUT2D eigenvalue weighted by molar-refractivity contribution is -0.138. The lowest BCUT2D eigenvalue weighted by Gasteiger charge is -2.23. The number of hydrogen-bond acceptors (Lipinski definition) is 10. The van der Waals surface area contributed by atoms with E-state index in [1.165, 1.54) is 13.3 Å². The average Bonchev–Trinajstić information content (AvgIpc) is 3.66. The summed E-state index contributed by atoms with van der Waals surface area (Å²) >= 11 is 0. The zero-order chi connectivity index (χ0) is 34.6. The van der Waals surface area contributed by atoms with Crippen molar-refractivity contribution >= 4 is 35.4 Å². The first-order chi connectivity index (χ1) is 21.6. The molecule has 0 aliphatic rings. The number of nitrogens with one attached hydrogen (secondary N) is 7.